The second-order valence-electron chi connectivity index (χ2n) is 3.93. The van der Waals surface area contributed by atoms with Gasteiger partial charge in [-0.05, 0) is 30.9 Å². The number of amides is 1. The topological polar surface area (TPSA) is 68.0 Å². The van der Waals surface area contributed by atoms with E-state index in [-0.39, 0.29) is 5.91 Å². The number of thiazole rings is 1. The van der Waals surface area contributed by atoms with E-state index in [1.165, 1.54) is 11.3 Å². The van der Waals surface area contributed by atoms with Crippen LogP contribution in [0, 0.1) is 6.92 Å². The predicted molar refractivity (Wildman–Crippen MR) is 82.1 cm³/mol. The summed E-state index contributed by atoms with van der Waals surface area (Å²) in [4.78, 5) is 17.4. The largest absolute Gasteiger partial charge is 0.398 e. The van der Waals surface area contributed by atoms with Crippen molar-refractivity contribution in [3.63, 3.8) is 0 Å². The predicted octanol–water partition coefficient (Wildman–Crippen LogP) is 3.40. The minimum Gasteiger partial charge on any atom is -0.398 e. The lowest BCUT2D eigenvalue weighted by Crippen LogP contribution is -2.14. The molecule has 0 spiro atoms. The normalized spacial score (nSPS) is 10.4. The number of aromatic nitrogens is 1. The SMILES string of the molecule is CCSc1ccc(N)c(C(=O)Nc2nc(C)cs2)c1. The first-order chi connectivity index (χ1) is 9.10. The molecule has 19 heavy (non-hydrogen) atoms. The van der Waals surface area contributed by atoms with E-state index in [1.807, 2.05) is 24.4 Å². The van der Waals surface area contributed by atoms with E-state index in [4.69, 9.17) is 5.73 Å². The van der Waals surface area contributed by atoms with Gasteiger partial charge in [0, 0.05) is 16.0 Å². The quantitative estimate of drug-likeness (QED) is 0.669. The lowest BCUT2D eigenvalue weighted by molar-refractivity contribution is 0.102. The van der Waals surface area contributed by atoms with E-state index in [0.29, 0.717) is 16.4 Å². The number of benzene rings is 1. The Bertz CT molecular complexity index is 595. The van der Waals surface area contributed by atoms with Gasteiger partial charge in [0.15, 0.2) is 5.13 Å². The average Bonchev–Trinajstić information content (AvgIpc) is 2.77. The molecule has 4 nitrogen and oxygen atoms in total. The molecule has 0 aliphatic heterocycles. The van der Waals surface area contributed by atoms with Crippen LogP contribution in [0.2, 0.25) is 0 Å². The number of hydrogen-bond acceptors (Lipinski definition) is 5. The standard InChI is InChI=1S/C13H15N3OS2/c1-3-18-9-4-5-11(14)10(6-9)12(17)16-13-15-8(2)7-19-13/h4-7H,3,14H2,1-2H3,(H,15,16,17). The maximum absolute atomic E-state index is 12.2. The van der Waals surface area contributed by atoms with Crippen molar-refractivity contribution in [1.29, 1.82) is 0 Å². The smallest absolute Gasteiger partial charge is 0.259 e. The van der Waals surface area contributed by atoms with E-state index in [9.17, 15) is 4.79 Å². The van der Waals surface area contributed by atoms with Crippen LogP contribution in [-0.2, 0) is 0 Å². The van der Waals surface area contributed by atoms with Crippen molar-refractivity contribution in [2.45, 2.75) is 18.7 Å². The van der Waals surface area contributed by atoms with Gasteiger partial charge in [0.05, 0.1) is 11.3 Å². The monoisotopic (exact) mass is 293 g/mol. The number of thioether (sulfide) groups is 1. The van der Waals surface area contributed by atoms with Gasteiger partial charge in [-0.3, -0.25) is 10.1 Å². The van der Waals surface area contributed by atoms with Crippen LogP contribution in [0.4, 0.5) is 10.8 Å². The van der Waals surface area contributed by atoms with E-state index < -0.39 is 0 Å². The summed E-state index contributed by atoms with van der Waals surface area (Å²) in [6.45, 7) is 3.96. The van der Waals surface area contributed by atoms with Crippen molar-refractivity contribution >= 4 is 39.8 Å². The molecule has 0 saturated carbocycles. The average molecular weight is 293 g/mol. The first-order valence-electron chi connectivity index (χ1n) is 5.86. The number of aryl methyl sites for hydroxylation is 1. The molecule has 1 aromatic heterocycles. The zero-order valence-electron chi connectivity index (χ0n) is 10.8. The highest BCUT2D eigenvalue weighted by molar-refractivity contribution is 7.99. The van der Waals surface area contributed by atoms with Crippen molar-refractivity contribution in [1.82, 2.24) is 4.98 Å². The highest BCUT2D eigenvalue weighted by Gasteiger charge is 2.12. The van der Waals surface area contributed by atoms with Crippen LogP contribution in [0.5, 0.6) is 0 Å². The fourth-order valence-electron chi connectivity index (χ4n) is 1.56. The van der Waals surface area contributed by atoms with E-state index in [0.717, 1.165) is 16.3 Å². The van der Waals surface area contributed by atoms with E-state index in [2.05, 4.69) is 17.2 Å². The second-order valence-corrected chi connectivity index (χ2v) is 6.13. The summed E-state index contributed by atoms with van der Waals surface area (Å²) in [6.07, 6.45) is 0. The summed E-state index contributed by atoms with van der Waals surface area (Å²) in [7, 11) is 0. The van der Waals surface area contributed by atoms with Crippen LogP contribution in [0.15, 0.2) is 28.5 Å². The van der Waals surface area contributed by atoms with Crippen LogP contribution >= 0.6 is 23.1 Å². The summed E-state index contributed by atoms with van der Waals surface area (Å²) < 4.78 is 0. The summed E-state index contributed by atoms with van der Waals surface area (Å²) in [6, 6.07) is 5.51. The zero-order chi connectivity index (χ0) is 13.8. The number of carbonyl (C=O) groups is 1. The Morgan fingerprint density at radius 1 is 1.53 bits per heavy atom. The first-order valence-corrected chi connectivity index (χ1v) is 7.72. The Kier molecular flexibility index (Phi) is 4.44. The molecule has 6 heteroatoms. The minimum atomic E-state index is -0.217. The molecule has 100 valence electrons. The molecule has 0 saturated heterocycles. The molecule has 0 bridgehead atoms. The number of nitrogen functional groups attached to an aromatic ring is 1. The van der Waals surface area contributed by atoms with Gasteiger partial charge in [-0.25, -0.2) is 4.98 Å². The summed E-state index contributed by atoms with van der Waals surface area (Å²) >= 11 is 3.08. The van der Waals surface area contributed by atoms with Gasteiger partial charge in [-0.2, -0.15) is 0 Å². The molecule has 1 aromatic carbocycles. The molecular weight excluding hydrogens is 278 g/mol. The van der Waals surface area contributed by atoms with E-state index >= 15 is 0 Å². The van der Waals surface area contributed by atoms with Crippen molar-refractivity contribution < 1.29 is 4.79 Å². The third kappa shape index (κ3) is 3.48. The Balaban J connectivity index is 2.20. The van der Waals surface area contributed by atoms with Gasteiger partial charge >= 0.3 is 0 Å². The summed E-state index contributed by atoms with van der Waals surface area (Å²) in [5.74, 6) is 0.738. The lowest BCUT2D eigenvalue weighted by atomic mass is 10.1. The minimum absolute atomic E-state index is 0.217. The number of anilines is 2. The number of rotatable bonds is 4. The molecule has 2 rings (SSSR count). The number of carbonyl (C=O) groups excluding carboxylic acids is 1. The van der Waals surface area contributed by atoms with Gasteiger partial charge < -0.3 is 5.73 Å². The van der Waals surface area contributed by atoms with Gasteiger partial charge in [-0.15, -0.1) is 23.1 Å². The maximum Gasteiger partial charge on any atom is 0.259 e. The van der Waals surface area contributed by atoms with Crippen molar-refractivity contribution in [2.75, 3.05) is 16.8 Å². The highest BCUT2D eigenvalue weighted by atomic mass is 32.2. The van der Waals surface area contributed by atoms with E-state index in [1.54, 1.807) is 17.8 Å². The molecule has 0 atom stereocenters. The van der Waals surface area contributed by atoms with Crippen molar-refractivity contribution in [3.8, 4) is 0 Å². The third-order valence-corrected chi connectivity index (χ3v) is 4.17. The maximum atomic E-state index is 12.2. The molecule has 0 unspecified atom stereocenters. The van der Waals surface area contributed by atoms with Crippen LogP contribution in [0.3, 0.4) is 0 Å². The van der Waals surface area contributed by atoms with Gasteiger partial charge in [0.1, 0.15) is 0 Å². The van der Waals surface area contributed by atoms with Crippen LogP contribution in [0.25, 0.3) is 0 Å². The number of hydrogen-bond donors (Lipinski definition) is 2. The number of nitrogens with one attached hydrogen (secondary N) is 1. The fraction of sp³-hybridized carbons (Fsp3) is 0.231. The molecule has 3 N–H and O–H groups in total. The second kappa shape index (κ2) is 6.08. The molecule has 0 fully saturated rings. The Morgan fingerprint density at radius 3 is 2.95 bits per heavy atom. The summed E-state index contributed by atoms with van der Waals surface area (Å²) in [5, 5.41) is 5.25. The Labute approximate surface area is 120 Å². The van der Waals surface area contributed by atoms with Crippen LogP contribution < -0.4 is 11.1 Å². The Morgan fingerprint density at radius 2 is 2.32 bits per heavy atom. The lowest BCUT2D eigenvalue weighted by Gasteiger charge is -2.07. The number of nitrogens with two attached hydrogens (primary N) is 1. The fourth-order valence-corrected chi connectivity index (χ4v) is 2.95. The molecule has 0 radical (unpaired) electrons. The van der Waals surface area contributed by atoms with Crippen molar-refractivity contribution in [3.05, 3.63) is 34.8 Å². The first kappa shape index (κ1) is 13.9. The van der Waals surface area contributed by atoms with Gasteiger partial charge in [0.2, 0.25) is 0 Å². The van der Waals surface area contributed by atoms with Crippen LogP contribution in [0.1, 0.15) is 23.0 Å². The molecule has 0 aliphatic rings. The number of nitrogens with zero attached hydrogens (tertiary/aromatic N) is 1. The molecule has 0 aliphatic carbocycles. The Hall–Kier alpha value is -1.53. The molecule has 1 heterocycles. The summed E-state index contributed by atoms with van der Waals surface area (Å²) in [5.41, 5.74) is 7.72. The van der Waals surface area contributed by atoms with Crippen molar-refractivity contribution in [2.24, 2.45) is 0 Å². The molecule has 2 aromatic rings. The zero-order valence-corrected chi connectivity index (χ0v) is 12.4. The van der Waals surface area contributed by atoms with Gasteiger partial charge in [-0.1, -0.05) is 6.92 Å². The highest BCUT2D eigenvalue weighted by Crippen LogP contribution is 2.24. The molecule has 1 amide bonds. The van der Waals surface area contributed by atoms with Gasteiger partial charge in [0.25, 0.3) is 5.91 Å². The third-order valence-electron chi connectivity index (χ3n) is 2.42. The molecular formula is C13H15N3OS2. The van der Waals surface area contributed by atoms with Crippen LogP contribution in [-0.4, -0.2) is 16.6 Å².